The fourth-order valence-corrected chi connectivity index (χ4v) is 0.866. The molecule has 0 unspecified atom stereocenters. The molecular weight excluding hydrogens is 109 g/mol. The molecule has 0 aromatic carbocycles. The van der Waals surface area contributed by atoms with Crippen molar-refractivity contribution >= 4 is 23.6 Å². The first kappa shape index (κ1) is 15.8. The largest absolute Gasteiger partial charge is 1.00 e. The van der Waals surface area contributed by atoms with Gasteiger partial charge >= 0.3 is 69.2 Å². The summed E-state index contributed by atoms with van der Waals surface area (Å²) in [6.07, 6.45) is 0. The van der Waals surface area contributed by atoms with Crippen molar-refractivity contribution < 1.29 is 31.0 Å². The van der Waals surface area contributed by atoms with Crippen molar-refractivity contribution in [2.45, 2.75) is 24.4 Å². The van der Waals surface area contributed by atoms with Crippen LogP contribution in [0.2, 0.25) is 10.6 Å². The molecule has 0 radical (unpaired) electrons. The number of hydrogen-bond donors (Lipinski definition) is 0. The Bertz CT molecular complexity index is 23.5. The second-order valence-electron chi connectivity index (χ2n) is 1.11. The second-order valence-corrected chi connectivity index (χ2v) is 3.32. The number of hydrogen-bond acceptors (Lipinski definition) is 0. The molecule has 0 aromatic rings. The summed E-state index contributed by atoms with van der Waals surface area (Å²) in [7, 11) is 0. The standard InChI is InChI=1S/2C2H5.Al.BH4.Na.H/c2*1-2;;;;/h2*1H2,2H3;;1H4;;/q;;+1;-1;+1;-1. The molecule has 0 heterocycles. The van der Waals surface area contributed by atoms with Crippen LogP contribution in [-0.2, 0) is 0 Å². The molecule has 7 heavy (non-hydrogen) atoms. The molecule has 0 nitrogen and oxygen atoms in total. The predicted octanol–water partition coefficient (Wildman–Crippen LogP) is -2.77. The van der Waals surface area contributed by atoms with Crippen LogP contribution in [0.1, 0.15) is 15.3 Å². The van der Waals surface area contributed by atoms with Gasteiger partial charge in [0.15, 0.2) is 0 Å². The van der Waals surface area contributed by atoms with E-state index in [4.69, 9.17) is 0 Å². The van der Waals surface area contributed by atoms with Gasteiger partial charge in [0, 0.05) is 0 Å². The third-order valence-corrected chi connectivity index (χ3v) is 1.73. The molecule has 0 amide bonds. The molecule has 0 aliphatic carbocycles. The van der Waals surface area contributed by atoms with Gasteiger partial charge in [-0.15, -0.1) is 0 Å². The summed E-state index contributed by atoms with van der Waals surface area (Å²) in [4.78, 5) is 0. The second kappa shape index (κ2) is 15.6. The zero-order chi connectivity index (χ0) is 4.12. The summed E-state index contributed by atoms with van der Waals surface area (Å²) < 4.78 is 0. The van der Waals surface area contributed by atoms with E-state index in [0.717, 1.165) is 15.2 Å². The average molecular weight is 124 g/mol. The molecule has 0 aliphatic rings. The smallest absolute Gasteiger partial charge is 1.00 e. The Morgan fingerprint density at radius 2 is 1.57 bits per heavy atom. The van der Waals surface area contributed by atoms with E-state index in [2.05, 4.69) is 13.8 Å². The van der Waals surface area contributed by atoms with E-state index in [-0.39, 0.29) is 39.4 Å². The van der Waals surface area contributed by atoms with Crippen molar-refractivity contribution in [3.05, 3.63) is 0 Å². The molecule has 0 N–H and O–H groups in total. The topological polar surface area (TPSA) is 0 Å². The van der Waals surface area contributed by atoms with Crippen molar-refractivity contribution in [1.82, 2.24) is 0 Å². The fourth-order valence-electron chi connectivity index (χ4n) is 0.289. The van der Waals surface area contributed by atoms with Gasteiger partial charge in [-0.3, -0.25) is 0 Å². The molecule has 38 valence electrons. The van der Waals surface area contributed by atoms with Crippen LogP contribution in [-0.4, -0.2) is 23.6 Å². The van der Waals surface area contributed by atoms with Crippen LogP contribution in [0.4, 0.5) is 0 Å². The molecule has 0 aliphatic heterocycles. The molecule has 0 aromatic heterocycles. The third-order valence-electron chi connectivity index (χ3n) is 0.577. The summed E-state index contributed by atoms with van der Waals surface area (Å²) >= 11 is 0.815. The average Bonchev–Trinajstić information content (AvgIpc) is 1.41. The molecule has 0 atom stereocenters. The Labute approximate surface area is 78.5 Å². The molecule has 0 rings (SSSR count). The van der Waals surface area contributed by atoms with Crippen LogP contribution in [0.15, 0.2) is 0 Å². The van der Waals surface area contributed by atoms with Crippen LogP contribution in [0.3, 0.4) is 0 Å². The Morgan fingerprint density at radius 3 is 1.57 bits per heavy atom. The first-order chi connectivity index (χ1) is 2.41. The van der Waals surface area contributed by atoms with E-state index in [1.807, 2.05) is 0 Å². The molecule has 0 bridgehead atoms. The van der Waals surface area contributed by atoms with Crippen molar-refractivity contribution in [3.8, 4) is 0 Å². The van der Waals surface area contributed by atoms with E-state index in [0.29, 0.717) is 0 Å². The quantitative estimate of drug-likeness (QED) is 0.349. The summed E-state index contributed by atoms with van der Waals surface area (Å²) in [6, 6.07) is 0. The van der Waals surface area contributed by atoms with Crippen LogP contribution in [0, 0.1) is 0 Å². The van der Waals surface area contributed by atoms with Gasteiger partial charge in [-0.25, -0.2) is 0 Å². The van der Waals surface area contributed by atoms with Crippen LogP contribution in [0.25, 0.3) is 0 Å². The fraction of sp³-hybridized carbons (Fsp3) is 1.00. The molecule has 0 spiro atoms. The number of rotatable bonds is 2. The summed E-state index contributed by atoms with van der Waals surface area (Å²) in [5.41, 5.74) is 0. The minimum atomic E-state index is 0. The Balaban J connectivity index is -0.0000000267. The summed E-state index contributed by atoms with van der Waals surface area (Å²) in [5, 5.41) is 2.85. The Morgan fingerprint density at radius 1 is 1.29 bits per heavy atom. The van der Waals surface area contributed by atoms with E-state index < -0.39 is 0 Å². The first-order valence-corrected chi connectivity index (χ1v) is 3.86. The van der Waals surface area contributed by atoms with Crippen molar-refractivity contribution in [3.63, 3.8) is 0 Å². The summed E-state index contributed by atoms with van der Waals surface area (Å²) in [5.74, 6) is 0. The molecule has 0 saturated carbocycles. The maximum atomic E-state index is 2.25. The molecular formula is C4H15AlBNa. The van der Waals surface area contributed by atoms with Gasteiger partial charge < -0.3 is 1.43 Å². The van der Waals surface area contributed by atoms with E-state index in [1.54, 1.807) is 0 Å². The van der Waals surface area contributed by atoms with Gasteiger partial charge in [0.25, 0.3) is 0 Å². The maximum absolute atomic E-state index is 2.25. The van der Waals surface area contributed by atoms with Gasteiger partial charge in [-0.05, 0) is 0 Å². The van der Waals surface area contributed by atoms with Crippen LogP contribution in [0.5, 0.6) is 0 Å². The van der Waals surface area contributed by atoms with Crippen molar-refractivity contribution in [1.29, 1.82) is 0 Å². The molecule has 0 fully saturated rings. The third kappa shape index (κ3) is 18.4. The Hall–Kier alpha value is 1.60. The minimum absolute atomic E-state index is 0. The maximum Gasteiger partial charge on any atom is 1.00 e. The van der Waals surface area contributed by atoms with Gasteiger partial charge in [0.05, 0.1) is 0 Å². The predicted molar refractivity (Wildman–Crippen MR) is 39.2 cm³/mol. The molecule has 0 saturated heterocycles. The van der Waals surface area contributed by atoms with Crippen LogP contribution < -0.4 is 29.6 Å². The normalized spacial score (nSPS) is 4.86. The SMILES string of the molecule is C[CH2][Al+][CH2]C.[BH4-].[H-].[Na+]. The van der Waals surface area contributed by atoms with E-state index in [1.165, 1.54) is 10.6 Å². The van der Waals surface area contributed by atoms with E-state index >= 15 is 0 Å². The van der Waals surface area contributed by atoms with Gasteiger partial charge in [0.1, 0.15) is 0 Å². The first-order valence-electron chi connectivity index (χ1n) is 2.23. The van der Waals surface area contributed by atoms with Gasteiger partial charge in [-0.2, -0.15) is 0 Å². The minimum Gasteiger partial charge on any atom is -1.00 e. The molecule has 3 heteroatoms. The van der Waals surface area contributed by atoms with Crippen molar-refractivity contribution in [2.75, 3.05) is 0 Å². The zero-order valence-electron chi connectivity index (χ0n) is 5.99. The van der Waals surface area contributed by atoms with Crippen molar-refractivity contribution in [2.24, 2.45) is 0 Å². The zero-order valence-corrected chi connectivity index (χ0v) is 8.15. The Kier molecular flexibility index (Phi) is 35.4. The van der Waals surface area contributed by atoms with Crippen LogP contribution >= 0.6 is 0 Å². The van der Waals surface area contributed by atoms with Gasteiger partial charge in [-0.1, -0.05) is 8.41 Å². The van der Waals surface area contributed by atoms with Gasteiger partial charge in [0.2, 0.25) is 0 Å². The van der Waals surface area contributed by atoms with E-state index in [9.17, 15) is 0 Å². The monoisotopic (exact) mass is 124 g/mol. The summed E-state index contributed by atoms with van der Waals surface area (Å²) in [6.45, 7) is 4.50.